The number of halogens is 3. The van der Waals surface area contributed by atoms with Gasteiger partial charge in [0.25, 0.3) is 0 Å². The van der Waals surface area contributed by atoms with Crippen molar-refractivity contribution in [3.8, 4) is 0 Å². The molecule has 1 amide bonds. The molecule has 1 fully saturated rings. The molecule has 1 saturated heterocycles. The first-order valence-corrected chi connectivity index (χ1v) is 15.8. The van der Waals surface area contributed by atoms with E-state index >= 15 is 0 Å². The van der Waals surface area contributed by atoms with Crippen molar-refractivity contribution in [1.82, 2.24) is 4.31 Å². The highest BCUT2D eigenvalue weighted by Gasteiger charge is 2.40. The molecule has 0 aliphatic carbocycles. The molecule has 0 spiro atoms. The summed E-state index contributed by atoms with van der Waals surface area (Å²) >= 11 is 0. The Kier molecular flexibility index (Phi) is 10.6. The molecule has 45 heavy (non-hydrogen) atoms. The number of carbonyl (C=O) groups is 2. The Hall–Kier alpha value is -3.94. The minimum Gasteiger partial charge on any atom is -0.436 e. The van der Waals surface area contributed by atoms with Crippen molar-refractivity contribution in [3.05, 3.63) is 90.0 Å². The van der Waals surface area contributed by atoms with E-state index < -0.39 is 51.8 Å². The van der Waals surface area contributed by atoms with Crippen molar-refractivity contribution in [2.24, 2.45) is 11.8 Å². The lowest BCUT2D eigenvalue weighted by Gasteiger charge is -2.30. The predicted octanol–water partition coefficient (Wildman–Crippen LogP) is 5.14. The quantitative estimate of drug-likeness (QED) is 0.246. The van der Waals surface area contributed by atoms with Crippen LogP contribution in [0.4, 0.5) is 29.3 Å². The van der Waals surface area contributed by atoms with Crippen molar-refractivity contribution in [3.63, 3.8) is 0 Å². The van der Waals surface area contributed by atoms with Crippen LogP contribution >= 0.6 is 0 Å². The summed E-state index contributed by atoms with van der Waals surface area (Å²) in [5, 5.41) is 11.5. The molecule has 13 heteroatoms. The summed E-state index contributed by atoms with van der Waals surface area (Å²) in [6.45, 7) is 3.16. The zero-order valence-electron chi connectivity index (χ0n) is 24.9. The van der Waals surface area contributed by atoms with Crippen molar-refractivity contribution in [1.29, 1.82) is 0 Å². The smallest absolute Gasteiger partial charge is 0.416 e. The highest BCUT2D eigenvalue weighted by molar-refractivity contribution is 7.89. The maximum atomic E-state index is 13.6. The number of aliphatic hydroxyl groups is 1. The van der Waals surface area contributed by atoms with Crippen LogP contribution in [-0.4, -0.2) is 61.5 Å². The Balaban J connectivity index is 1.55. The Morgan fingerprint density at radius 3 is 2.33 bits per heavy atom. The number of amides is 1. The number of nitrogens with zero attached hydrogens (tertiary/aromatic N) is 2. The Morgan fingerprint density at radius 2 is 1.71 bits per heavy atom. The summed E-state index contributed by atoms with van der Waals surface area (Å²) in [5.74, 6) is -1.42. The van der Waals surface area contributed by atoms with E-state index in [-0.39, 0.29) is 49.0 Å². The van der Waals surface area contributed by atoms with Crippen LogP contribution in [0, 0.1) is 11.8 Å². The second kappa shape index (κ2) is 14.0. The van der Waals surface area contributed by atoms with Crippen LogP contribution in [0.1, 0.15) is 31.4 Å². The second-order valence-electron chi connectivity index (χ2n) is 11.5. The Morgan fingerprint density at radius 1 is 1.04 bits per heavy atom. The fourth-order valence-electron chi connectivity index (χ4n) is 5.17. The zero-order valence-corrected chi connectivity index (χ0v) is 25.7. The summed E-state index contributed by atoms with van der Waals surface area (Å²) in [5.41, 5.74) is 5.90. The van der Waals surface area contributed by atoms with Gasteiger partial charge in [0.05, 0.1) is 23.1 Å². The molecule has 1 heterocycles. The van der Waals surface area contributed by atoms with E-state index in [0.717, 1.165) is 28.7 Å². The largest absolute Gasteiger partial charge is 0.436 e. The van der Waals surface area contributed by atoms with Gasteiger partial charge in [-0.15, -0.1) is 0 Å². The number of alkyl halides is 3. The van der Waals surface area contributed by atoms with Crippen molar-refractivity contribution >= 4 is 33.3 Å². The molecule has 0 bridgehead atoms. The first-order valence-electron chi connectivity index (χ1n) is 14.4. The number of rotatable bonds is 13. The molecule has 3 atom stereocenters. The fourth-order valence-corrected chi connectivity index (χ4v) is 6.79. The van der Waals surface area contributed by atoms with E-state index in [9.17, 15) is 36.3 Å². The molecule has 0 unspecified atom stereocenters. The number of nitrogens with two attached hydrogens (primary N) is 1. The first kappa shape index (κ1) is 33.9. The second-order valence-corrected chi connectivity index (χ2v) is 13.4. The highest BCUT2D eigenvalue weighted by Crippen LogP contribution is 2.33. The maximum absolute atomic E-state index is 13.6. The van der Waals surface area contributed by atoms with Gasteiger partial charge in [-0.25, -0.2) is 13.2 Å². The number of Topliss-reactive ketones (excluding diaryl/α,β-unsaturated/α-hetero) is 1. The molecule has 0 radical (unpaired) electrons. The minimum atomic E-state index is -4.62. The molecule has 9 nitrogen and oxygen atoms in total. The van der Waals surface area contributed by atoms with Gasteiger partial charge in [-0.3, -0.25) is 9.69 Å². The summed E-state index contributed by atoms with van der Waals surface area (Å²) in [6.07, 6.45) is -8.24. The van der Waals surface area contributed by atoms with Gasteiger partial charge in [0.2, 0.25) is 10.0 Å². The van der Waals surface area contributed by atoms with Gasteiger partial charge >= 0.3 is 12.3 Å². The van der Waals surface area contributed by atoms with Crippen LogP contribution in [0.5, 0.6) is 0 Å². The average Bonchev–Trinajstić information content (AvgIpc) is 3.38. The topological polar surface area (TPSA) is 130 Å². The standard InChI is InChI=1S/C32H36F3N3O6S/c1-21(2)18-37(45(42,43)27-13-11-25(36)12-14-27)19-29(40)23(15-22-7-4-3-5-8-22)16-28(39)30-20-38(31(41)44-30)26-10-6-9-24(17-26)32(33,34)35/h3-14,17,21,23,29-30,40H,15-16,18-20,36H2,1-2H3/t23-,29-,30+/m1/s1. The molecule has 0 saturated carbocycles. The van der Waals surface area contributed by atoms with Gasteiger partial charge in [0.15, 0.2) is 11.9 Å². The lowest BCUT2D eigenvalue weighted by Crippen LogP contribution is -2.43. The molecule has 1 aliphatic rings. The molecule has 3 aromatic carbocycles. The van der Waals surface area contributed by atoms with E-state index in [4.69, 9.17) is 10.5 Å². The number of carbonyl (C=O) groups excluding carboxylic acids is 2. The number of nitrogen functional groups attached to an aromatic ring is 1. The van der Waals surface area contributed by atoms with Crippen LogP contribution < -0.4 is 10.6 Å². The van der Waals surface area contributed by atoms with E-state index in [1.165, 1.54) is 34.6 Å². The number of cyclic esters (lactones) is 1. The maximum Gasteiger partial charge on any atom is 0.416 e. The van der Waals surface area contributed by atoms with E-state index in [0.29, 0.717) is 5.69 Å². The van der Waals surface area contributed by atoms with Crippen molar-refractivity contribution < 1.29 is 41.0 Å². The fraction of sp³-hybridized carbons (Fsp3) is 0.375. The summed E-state index contributed by atoms with van der Waals surface area (Å²) in [4.78, 5) is 27.1. The lowest BCUT2D eigenvalue weighted by molar-refractivity contribution is -0.137. The molecule has 3 N–H and O–H groups in total. The van der Waals surface area contributed by atoms with E-state index in [1.807, 2.05) is 32.0 Å². The van der Waals surface area contributed by atoms with E-state index in [1.54, 1.807) is 12.1 Å². The van der Waals surface area contributed by atoms with Crippen LogP contribution in [0.25, 0.3) is 0 Å². The number of hydrogen-bond donors (Lipinski definition) is 2. The average molecular weight is 648 g/mol. The Labute approximate surface area is 260 Å². The van der Waals surface area contributed by atoms with Gasteiger partial charge in [-0.05, 0) is 66.3 Å². The normalized spacial score (nSPS) is 17.0. The highest BCUT2D eigenvalue weighted by atomic mass is 32.2. The molecule has 242 valence electrons. The third-order valence-electron chi connectivity index (χ3n) is 7.48. The van der Waals surface area contributed by atoms with Crippen LogP contribution in [-0.2, 0) is 32.2 Å². The van der Waals surface area contributed by atoms with Crippen LogP contribution in [0.15, 0.2) is 83.8 Å². The van der Waals surface area contributed by atoms with Gasteiger partial charge in [-0.2, -0.15) is 17.5 Å². The number of hydrogen-bond acceptors (Lipinski definition) is 7. The van der Waals surface area contributed by atoms with Gasteiger partial charge in [-0.1, -0.05) is 50.2 Å². The molecule has 3 aromatic rings. The number of ether oxygens (including phenoxy) is 1. The molecular weight excluding hydrogens is 611 g/mol. The number of sulfonamides is 1. The van der Waals surface area contributed by atoms with Crippen molar-refractivity contribution in [2.45, 2.75) is 50.0 Å². The Bertz CT molecular complexity index is 1580. The third kappa shape index (κ3) is 8.62. The summed E-state index contributed by atoms with van der Waals surface area (Å²) in [6, 6.07) is 18.9. The molecular formula is C32H36F3N3O6S. The first-order chi connectivity index (χ1) is 21.1. The molecule has 4 rings (SSSR count). The van der Waals surface area contributed by atoms with Gasteiger partial charge < -0.3 is 15.6 Å². The minimum absolute atomic E-state index is 0.00721. The van der Waals surface area contributed by atoms with Gasteiger partial charge in [0.1, 0.15) is 0 Å². The number of ketones is 1. The molecule has 1 aliphatic heterocycles. The molecule has 0 aromatic heterocycles. The van der Waals surface area contributed by atoms with Crippen LogP contribution in [0.2, 0.25) is 0 Å². The predicted molar refractivity (Wildman–Crippen MR) is 163 cm³/mol. The van der Waals surface area contributed by atoms with Crippen molar-refractivity contribution in [2.75, 3.05) is 30.3 Å². The number of anilines is 2. The van der Waals surface area contributed by atoms with Gasteiger partial charge in [0, 0.05) is 30.9 Å². The van der Waals surface area contributed by atoms with Crippen LogP contribution in [0.3, 0.4) is 0 Å². The van der Waals surface area contributed by atoms with E-state index in [2.05, 4.69) is 0 Å². The number of benzene rings is 3. The summed E-state index contributed by atoms with van der Waals surface area (Å²) in [7, 11) is -4.04. The zero-order chi connectivity index (χ0) is 32.9. The number of aliphatic hydroxyl groups excluding tert-OH is 1. The monoisotopic (exact) mass is 647 g/mol. The third-order valence-corrected chi connectivity index (χ3v) is 9.33. The SMILES string of the molecule is CC(C)CN(C[C@@H](O)[C@@H](CC(=O)[C@@H]1CN(c2cccc(C(F)(F)F)c2)C(=O)O1)Cc1ccccc1)S(=O)(=O)c1ccc(N)cc1. The summed E-state index contributed by atoms with van der Waals surface area (Å²) < 4.78 is 73.4. The lowest BCUT2D eigenvalue weighted by atomic mass is 9.88.